The fraction of sp³-hybridized carbons (Fsp3) is 0.308. The van der Waals surface area contributed by atoms with Gasteiger partial charge < -0.3 is 10.0 Å². The van der Waals surface area contributed by atoms with Crippen LogP contribution in [0.2, 0.25) is 0 Å². The van der Waals surface area contributed by atoms with Crippen LogP contribution in [0.1, 0.15) is 11.1 Å². The molecule has 0 radical (unpaired) electrons. The molecule has 0 bridgehead atoms. The number of rotatable bonds is 2. The second kappa shape index (κ2) is 4.49. The number of carbonyl (C=O) groups is 1. The number of β-amino-alcohol motifs (C(OH)–C–C–N with tert-alkyl or cyclic N) is 1. The summed E-state index contributed by atoms with van der Waals surface area (Å²) in [5, 5.41) is 9.07. The molecule has 1 aliphatic rings. The molecular weight excluding hydrogens is 202 g/mol. The fourth-order valence-corrected chi connectivity index (χ4v) is 1.68. The van der Waals surface area contributed by atoms with E-state index in [2.05, 4.69) is 0 Å². The number of hydrogen-bond donors (Lipinski definition) is 1. The summed E-state index contributed by atoms with van der Waals surface area (Å²) >= 11 is 0. The summed E-state index contributed by atoms with van der Waals surface area (Å²) in [4.78, 5) is 13.2. The summed E-state index contributed by atoms with van der Waals surface area (Å²) in [6.45, 7) is 2.93. The molecule has 0 aromatic heterocycles. The normalized spacial score (nSPS) is 16.5. The third kappa shape index (κ3) is 2.49. The number of carbonyl (C=O) groups excluding carboxylic acids is 1. The van der Waals surface area contributed by atoms with E-state index in [1.165, 1.54) is 5.56 Å². The Morgan fingerprint density at radius 1 is 1.50 bits per heavy atom. The van der Waals surface area contributed by atoms with Crippen molar-refractivity contribution in [3.8, 4) is 0 Å². The van der Waals surface area contributed by atoms with Gasteiger partial charge in [-0.15, -0.1) is 0 Å². The molecule has 1 aromatic rings. The maximum Gasteiger partial charge on any atom is 0.246 e. The van der Waals surface area contributed by atoms with Crippen LogP contribution < -0.4 is 0 Å². The maximum atomic E-state index is 11.6. The van der Waals surface area contributed by atoms with Crippen LogP contribution in [0, 0.1) is 6.92 Å². The fourth-order valence-electron chi connectivity index (χ4n) is 1.68. The Morgan fingerprint density at radius 3 is 2.88 bits per heavy atom. The molecule has 0 saturated carbocycles. The summed E-state index contributed by atoms with van der Waals surface area (Å²) in [6.07, 6.45) is 3.03. The number of amides is 1. The molecule has 1 saturated heterocycles. The van der Waals surface area contributed by atoms with Crippen molar-refractivity contribution >= 4 is 12.0 Å². The first-order valence-electron chi connectivity index (χ1n) is 5.37. The summed E-state index contributed by atoms with van der Waals surface area (Å²) in [6, 6.07) is 7.97. The van der Waals surface area contributed by atoms with E-state index in [1.54, 1.807) is 17.1 Å². The Balaban J connectivity index is 1.96. The average Bonchev–Trinajstić information content (AvgIpc) is 2.22. The average molecular weight is 217 g/mol. The molecule has 1 N–H and O–H groups in total. The predicted octanol–water partition coefficient (Wildman–Crippen LogP) is 1.21. The molecule has 2 rings (SSSR count). The molecule has 16 heavy (non-hydrogen) atoms. The highest BCUT2D eigenvalue weighted by atomic mass is 16.3. The van der Waals surface area contributed by atoms with Crippen molar-refractivity contribution < 1.29 is 9.90 Å². The Morgan fingerprint density at radius 2 is 2.25 bits per heavy atom. The predicted molar refractivity (Wildman–Crippen MR) is 62.8 cm³/mol. The van der Waals surface area contributed by atoms with E-state index < -0.39 is 0 Å². The molecule has 0 unspecified atom stereocenters. The van der Waals surface area contributed by atoms with Gasteiger partial charge in [0.05, 0.1) is 6.10 Å². The molecule has 1 amide bonds. The van der Waals surface area contributed by atoms with Crippen LogP contribution >= 0.6 is 0 Å². The van der Waals surface area contributed by atoms with Crippen LogP contribution in [0.25, 0.3) is 6.08 Å². The standard InChI is InChI=1S/C13H15NO2/c1-10-3-2-4-11(7-10)5-6-13(16)14-8-12(15)9-14/h2-7,12,15H,8-9H2,1H3. The summed E-state index contributed by atoms with van der Waals surface area (Å²) < 4.78 is 0. The molecular formula is C13H15NO2. The van der Waals surface area contributed by atoms with Gasteiger partial charge in [0.2, 0.25) is 5.91 Å². The van der Waals surface area contributed by atoms with Crippen LogP contribution in [0.4, 0.5) is 0 Å². The van der Waals surface area contributed by atoms with Crippen molar-refractivity contribution in [3.05, 3.63) is 41.5 Å². The smallest absolute Gasteiger partial charge is 0.246 e. The monoisotopic (exact) mass is 217 g/mol. The molecule has 1 aromatic carbocycles. The summed E-state index contributed by atoms with van der Waals surface area (Å²) in [7, 11) is 0. The van der Waals surface area contributed by atoms with Crippen LogP contribution in [-0.4, -0.2) is 35.1 Å². The van der Waals surface area contributed by atoms with Gasteiger partial charge in [-0.05, 0) is 18.6 Å². The lowest BCUT2D eigenvalue weighted by Crippen LogP contribution is -2.52. The van der Waals surface area contributed by atoms with Crippen LogP contribution in [0.3, 0.4) is 0 Å². The third-order valence-corrected chi connectivity index (χ3v) is 2.63. The lowest BCUT2D eigenvalue weighted by molar-refractivity contribution is -0.135. The van der Waals surface area contributed by atoms with Gasteiger partial charge in [-0.25, -0.2) is 0 Å². The number of benzene rings is 1. The van der Waals surface area contributed by atoms with Gasteiger partial charge in [-0.1, -0.05) is 29.8 Å². The SMILES string of the molecule is Cc1cccc(C=CC(=O)N2CC(O)C2)c1. The van der Waals surface area contributed by atoms with E-state index in [0.29, 0.717) is 13.1 Å². The largest absolute Gasteiger partial charge is 0.389 e. The summed E-state index contributed by atoms with van der Waals surface area (Å²) in [5.41, 5.74) is 2.20. The van der Waals surface area contributed by atoms with E-state index in [1.807, 2.05) is 31.2 Å². The molecule has 1 aliphatic heterocycles. The number of aliphatic hydroxyl groups excluding tert-OH is 1. The molecule has 84 valence electrons. The Labute approximate surface area is 95.0 Å². The van der Waals surface area contributed by atoms with Crippen molar-refractivity contribution in [1.29, 1.82) is 0 Å². The molecule has 1 heterocycles. The van der Waals surface area contributed by atoms with Crippen molar-refractivity contribution in [2.45, 2.75) is 13.0 Å². The lowest BCUT2D eigenvalue weighted by Gasteiger charge is -2.34. The van der Waals surface area contributed by atoms with E-state index in [9.17, 15) is 4.79 Å². The molecule has 0 atom stereocenters. The zero-order valence-electron chi connectivity index (χ0n) is 9.26. The van der Waals surface area contributed by atoms with Crippen molar-refractivity contribution in [2.75, 3.05) is 13.1 Å². The van der Waals surface area contributed by atoms with Crippen LogP contribution in [0.15, 0.2) is 30.3 Å². The van der Waals surface area contributed by atoms with E-state index in [-0.39, 0.29) is 12.0 Å². The van der Waals surface area contributed by atoms with Crippen LogP contribution in [0.5, 0.6) is 0 Å². The van der Waals surface area contributed by atoms with Crippen molar-refractivity contribution in [1.82, 2.24) is 4.90 Å². The first-order valence-corrected chi connectivity index (χ1v) is 5.37. The highest BCUT2D eigenvalue weighted by Gasteiger charge is 2.26. The topological polar surface area (TPSA) is 40.5 Å². The highest BCUT2D eigenvalue weighted by Crippen LogP contribution is 2.10. The Bertz CT molecular complexity index is 420. The second-order valence-electron chi connectivity index (χ2n) is 4.14. The second-order valence-corrected chi connectivity index (χ2v) is 4.14. The zero-order chi connectivity index (χ0) is 11.5. The van der Waals surface area contributed by atoms with Crippen LogP contribution in [-0.2, 0) is 4.79 Å². The van der Waals surface area contributed by atoms with Crippen molar-refractivity contribution in [3.63, 3.8) is 0 Å². The zero-order valence-corrected chi connectivity index (χ0v) is 9.26. The highest BCUT2D eigenvalue weighted by molar-refractivity contribution is 5.92. The van der Waals surface area contributed by atoms with E-state index >= 15 is 0 Å². The van der Waals surface area contributed by atoms with Gasteiger partial charge in [-0.3, -0.25) is 4.79 Å². The van der Waals surface area contributed by atoms with E-state index in [4.69, 9.17) is 5.11 Å². The minimum atomic E-state index is -0.337. The van der Waals surface area contributed by atoms with Crippen molar-refractivity contribution in [2.24, 2.45) is 0 Å². The van der Waals surface area contributed by atoms with E-state index in [0.717, 1.165) is 5.56 Å². The number of aryl methyl sites for hydroxylation is 1. The minimum Gasteiger partial charge on any atom is -0.389 e. The summed E-state index contributed by atoms with van der Waals surface area (Å²) in [5.74, 6) is -0.0354. The quantitative estimate of drug-likeness (QED) is 0.756. The van der Waals surface area contributed by atoms with Gasteiger partial charge in [0.15, 0.2) is 0 Å². The molecule has 3 nitrogen and oxygen atoms in total. The maximum absolute atomic E-state index is 11.6. The van der Waals surface area contributed by atoms with Gasteiger partial charge in [-0.2, -0.15) is 0 Å². The van der Waals surface area contributed by atoms with Gasteiger partial charge in [0.25, 0.3) is 0 Å². The lowest BCUT2D eigenvalue weighted by atomic mass is 10.1. The van der Waals surface area contributed by atoms with Gasteiger partial charge >= 0.3 is 0 Å². The molecule has 0 aliphatic carbocycles. The first-order chi connectivity index (χ1) is 7.65. The minimum absolute atomic E-state index is 0.0354. The van der Waals surface area contributed by atoms with Gasteiger partial charge in [0, 0.05) is 19.2 Å². The first kappa shape index (κ1) is 10.9. The Kier molecular flexibility index (Phi) is 3.06. The molecule has 0 spiro atoms. The number of nitrogens with zero attached hydrogens (tertiary/aromatic N) is 1. The number of likely N-dealkylation sites (tertiary alicyclic amines) is 1. The molecule has 1 fully saturated rings. The number of hydrogen-bond acceptors (Lipinski definition) is 2. The Hall–Kier alpha value is -1.61. The van der Waals surface area contributed by atoms with Gasteiger partial charge in [0.1, 0.15) is 0 Å². The third-order valence-electron chi connectivity index (χ3n) is 2.63. The number of aliphatic hydroxyl groups is 1. The molecule has 3 heteroatoms.